The lowest BCUT2D eigenvalue weighted by Gasteiger charge is -2.18. The molecule has 0 radical (unpaired) electrons. The Kier molecular flexibility index (Phi) is 53.2. The molecule has 1 atom stereocenters. The lowest BCUT2D eigenvalue weighted by Crippen LogP contribution is -2.30. The Labute approximate surface area is 405 Å². The van der Waals surface area contributed by atoms with Gasteiger partial charge in [0.1, 0.15) is 13.2 Å². The molecule has 384 valence electrons. The summed E-state index contributed by atoms with van der Waals surface area (Å²) in [5, 5.41) is 0. The highest BCUT2D eigenvalue weighted by atomic mass is 16.6. The molecule has 0 aromatic heterocycles. The molecular weight excluding hydrogens is 805 g/mol. The Balaban J connectivity index is 4.01. The number of carbonyl (C=O) groups excluding carboxylic acids is 3. The minimum Gasteiger partial charge on any atom is -0.462 e. The third-order valence-electron chi connectivity index (χ3n) is 13.3. The standard InChI is InChI=1S/C59H112O6/c1-4-7-10-13-15-17-19-21-23-25-27-28-29-30-31-32-34-35-37-39-41-43-46-49-52-58(61)64-55-56(54-63-57(60)51-48-45-12-9-6-3)65-59(62)53-50-47-44-42-40-38-36-33-26-24-22-20-18-16-14-11-8-5-2/h24,26,56H,4-23,25,27-55H2,1-3H3/b26-24-. The Hall–Kier alpha value is -1.85. The van der Waals surface area contributed by atoms with Crippen LogP contribution >= 0.6 is 0 Å². The van der Waals surface area contributed by atoms with Crippen LogP contribution in [-0.2, 0) is 28.6 Å². The van der Waals surface area contributed by atoms with Gasteiger partial charge in [0.15, 0.2) is 6.10 Å². The van der Waals surface area contributed by atoms with Gasteiger partial charge in [0, 0.05) is 19.3 Å². The molecular formula is C59H112O6. The fourth-order valence-corrected chi connectivity index (χ4v) is 8.85. The highest BCUT2D eigenvalue weighted by Crippen LogP contribution is 2.17. The van der Waals surface area contributed by atoms with Crippen LogP contribution in [-0.4, -0.2) is 37.2 Å². The summed E-state index contributed by atoms with van der Waals surface area (Å²) in [5.74, 6) is -0.866. The number of carbonyl (C=O) groups is 3. The van der Waals surface area contributed by atoms with E-state index in [1.807, 2.05) is 0 Å². The summed E-state index contributed by atoms with van der Waals surface area (Å²) in [4.78, 5) is 37.8. The predicted octanol–water partition coefficient (Wildman–Crippen LogP) is 19.3. The molecule has 0 aromatic rings. The molecule has 0 aliphatic heterocycles. The van der Waals surface area contributed by atoms with Gasteiger partial charge in [-0.3, -0.25) is 14.4 Å². The van der Waals surface area contributed by atoms with E-state index >= 15 is 0 Å². The van der Waals surface area contributed by atoms with Crippen LogP contribution in [0.1, 0.15) is 329 Å². The minimum atomic E-state index is -0.765. The second kappa shape index (κ2) is 54.8. The monoisotopic (exact) mass is 917 g/mol. The fourth-order valence-electron chi connectivity index (χ4n) is 8.85. The first-order valence-corrected chi connectivity index (χ1v) is 29.2. The van der Waals surface area contributed by atoms with E-state index in [0.717, 1.165) is 64.2 Å². The maximum atomic E-state index is 12.8. The first kappa shape index (κ1) is 63.1. The lowest BCUT2D eigenvalue weighted by atomic mass is 10.0. The molecule has 0 rings (SSSR count). The van der Waals surface area contributed by atoms with Gasteiger partial charge >= 0.3 is 17.9 Å². The first-order valence-electron chi connectivity index (χ1n) is 29.2. The number of rotatable bonds is 54. The predicted molar refractivity (Wildman–Crippen MR) is 280 cm³/mol. The van der Waals surface area contributed by atoms with Gasteiger partial charge in [-0.15, -0.1) is 0 Å². The van der Waals surface area contributed by atoms with E-state index in [9.17, 15) is 14.4 Å². The summed E-state index contributed by atoms with van der Waals surface area (Å²) in [6, 6.07) is 0. The second-order valence-corrected chi connectivity index (χ2v) is 19.9. The van der Waals surface area contributed by atoms with E-state index in [-0.39, 0.29) is 31.1 Å². The van der Waals surface area contributed by atoms with Crippen molar-refractivity contribution in [3.63, 3.8) is 0 Å². The van der Waals surface area contributed by atoms with Crippen LogP contribution in [0.25, 0.3) is 0 Å². The van der Waals surface area contributed by atoms with Gasteiger partial charge < -0.3 is 14.2 Å². The summed E-state index contributed by atoms with van der Waals surface area (Å²) in [6.45, 7) is 6.60. The van der Waals surface area contributed by atoms with Gasteiger partial charge in [0.25, 0.3) is 0 Å². The van der Waals surface area contributed by atoms with Crippen molar-refractivity contribution in [2.24, 2.45) is 0 Å². The third-order valence-corrected chi connectivity index (χ3v) is 13.3. The first-order chi connectivity index (χ1) is 32.0. The second-order valence-electron chi connectivity index (χ2n) is 19.9. The maximum absolute atomic E-state index is 12.8. The molecule has 0 aliphatic rings. The van der Waals surface area contributed by atoms with Crippen LogP contribution in [0.15, 0.2) is 12.2 Å². The Morgan fingerprint density at radius 2 is 0.508 bits per heavy atom. The van der Waals surface area contributed by atoms with Crippen molar-refractivity contribution in [1.82, 2.24) is 0 Å². The molecule has 0 amide bonds. The molecule has 6 heteroatoms. The molecule has 0 saturated heterocycles. The molecule has 0 heterocycles. The van der Waals surface area contributed by atoms with Crippen LogP contribution in [0.3, 0.4) is 0 Å². The van der Waals surface area contributed by atoms with E-state index in [4.69, 9.17) is 14.2 Å². The van der Waals surface area contributed by atoms with E-state index in [2.05, 4.69) is 32.9 Å². The number of ether oxygens (including phenoxy) is 3. The smallest absolute Gasteiger partial charge is 0.306 e. The SMILES string of the molecule is CCCCCCCCC/C=C\CCCCCCCCCC(=O)OC(COC(=O)CCCCCCC)COC(=O)CCCCCCCCCCCCCCCCCCCCCCCCCC. The molecule has 65 heavy (non-hydrogen) atoms. The third kappa shape index (κ3) is 53.0. The number of allylic oxidation sites excluding steroid dienone is 2. The van der Waals surface area contributed by atoms with Gasteiger partial charge in [0.2, 0.25) is 0 Å². The maximum Gasteiger partial charge on any atom is 0.306 e. The number of esters is 3. The Bertz CT molecular complexity index is 1010. The molecule has 1 unspecified atom stereocenters. The van der Waals surface area contributed by atoms with Crippen molar-refractivity contribution in [1.29, 1.82) is 0 Å². The van der Waals surface area contributed by atoms with Crippen molar-refractivity contribution in [3.05, 3.63) is 12.2 Å². The van der Waals surface area contributed by atoms with Gasteiger partial charge in [-0.1, -0.05) is 277 Å². The molecule has 0 aromatic carbocycles. The largest absolute Gasteiger partial charge is 0.462 e. The zero-order valence-corrected chi connectivity index (χ0v) is 44.0. The van der Waals surface area contributed by atoms with Gasteiger partial charge in [-0.2, -0.15) is 0 Å². The lowest BCUT2D eigenvalue weighted by molar-refractivity contribution is -0.167. The fraction of sp³-hybridized carbons (Fsp3) is 0.915. The van der Waals surface area contributed by atoms with E-state index < -0.39 is 6.10 Å². The molecule has 0 saturated carbocycles. The molecule has 6 nitrogen and oxygen atoms in total. The molecule has 0 N–H and O–H groups in total. The summed E-state index contributed by atoms with van der Waals surface area (Å²) in [7, 11) is 0. The van der Waals surface area contributed by atoms with Gasteiger partial charge in [-0.05, 0) is 44.9 Å². The van der Waals surface area contributed by atoms with Crippen molar-refractivity contribution in [2.75, 3.05) is 13.2 Å². The Morgan fingerprint density at radius 3 is 0.769 bits per heavy atom. The van der Waals surface area contributed by atoms with Crippen LogP contribution in [0, 0.1) is 0 Å². The minimum absolute atomic E-state index is 0.0674. The average Bonchev–Trinajstić information content (AvgIpc) is 3.30. The molecule has 0 aliphatic carbocycles. The van der Waals surface area contributed by atoms with Gasteiger partial charge in [0.05, 0.1) is 0 Å². The number of hydrogen-bond donors (Lipinski definition) is 0. The van der Waals surface area contributed by atoms with Crippen LogP contribution < -0.4 is 0 Å². The van der Waals surface area contributed by atoms with E-state index in [1.165, 1.54) is 225 Å². The summed E-state index contributed by atoms with van der Waals surface area (Å²) < 4.78 is 16.7. The van der Waals surface area contributed by atoms with E-state index in [0.29, 0.717) is 19.3 Å². The summed E-state index contributed by atoms with van der Waals surface area (Å²) in [6.07, 6.45) is 62.6. The quantitative estimate of drug-likeness (QED) is 0.0262. The van der Waals surface area contributed by atoms with Crippen LogP contribution in [0.2, 0.25) is 0 Å². The molecule has 0 fully saturated rings. The zero-order valence-electron chi connectivity index (χ0n) is 44.0. The van der Waals surface area contributed by atoms with E-state index in [1.54, 1.807) is 0 Å². The highest BCUT2D eigenvalue weighted by Gasteiger charge is 2.19. The van der Waals surface area contributed by atoms with Crippen LogP contribution in [0.5, 0.6) is 0 Å². The van der Waals surface area contributed by atoms with Crippen molar-refractivity contribution < 1.29 is 28.6 Å². The summed E-state index contributed by atoms with van der Waals surface area (Å²) in [5.41, 5.74) is 0. The van der Waals surface area contributed by atoms with Crippen molar-refractivity contribution in [3.8, 4) is 0 Å². The highest BCUT2D eigenvalue weighted by molar-refractivity contribution is 5.71. The summed E-state index contributed by atoms with van der Waals surface area (Å²) >= 11 is 0. The van der Waals surface area contributed by atoms with Crippen molar-refractivity contribution >= 4 is 17.9 Å². The average molecular weight is 918 g/mol. The topological polar surface area (TPSA) is 78.9 Å². The van der Waals surface area contributed by atoms with Gasteiger partial charge in [-0.25, -0.2) is 0 Å². The molecule has 0 bridgehead atoms. The Morgan fingerprint density at radius 1 is 0.292 bits per heavy atom. The van der Waals surface area contributed by atoms with Crippen molar-refractivity contribution in [2.45, 2.75) is 335 Å². The normalized spacial score (nSPS) is 12.0. The zero-order chi connectivity index (χ0) is 47.2. The molecule has 0 spiro atoms. The number of unbranched alkanes of at least 4 members (excludes halogenated alkanes) is 41. The number of hydrogen-bond acceptors (Lipinski definition) is 6. The van der Waals surface area contributed by atoms with Crippen LogP contribution in [0.4, 0.5) is 0 Å².